The molecule has 1 saturated heterocycles. The first kappa shape index (κ1) is 37.2. The summed E-state index contributed by atoms with van der Waals surface area (Å²) < 4.78 is 7.47. The van der Waals surface area contributed by atoms with Crippen LogP contribution in [0.2, 0.25) is 0 Å². The molecule has 2 aromatic carbocycles. The fourth-order valence-corrected chi connectivity index (χ4v) is 6.44. The van der Waals surface area contributed by atoms with Crippen LogP contribution in [0, 0.1) is 70.6 Å². The maximum Gasteiger partial charge on any atom is 2.00 e. The molecule has 0 unspecified atom stereocenters. The fourth-order valence-electron chi connectivity index (χ4n) is 6.44. The van der Waals surface area contributed by atoms with E-state index >= 15 is 0 Å². The summed E-state index contributed by atoms with van der Waals surface area (Å²) >= 11 is 0. The summed E-state index contributed by atoms with van der Waals surface area (Å²) in [6.45, 7) is 10.3. The van der Waals surface area contributed by atoms with E-state index in [9.17, 15) is 5.11 Å². The molecule has 8 nitrogen and oxygen atoms in total. The maximum atomic E-state index is 10.2. The Bertz CT molecular complexity index is 1630. The summed E-state index contributed by atoms with van der Waals surface area (Å²) in [6.07, 6.45) is 24.6. The van der Waals surface area contributed by atoms with Crippen LogP contribution in [0.25, 0.3) is 16.6 Å². The first-order valence-electron chi connectivity index (χ1n) is 17.0. The Morgan fingerprint density at radius 2 is 1.55 bits per heavy atom. The Morgan fingerprint density at radius 1 is 0.878 bits per heavy atom. The predicted molar refractivity (Wildman–Crippen MR) is 196 cm³/mol. The number of hydrogen-bond donors (Lipinski definition) is 2. The van der Waals surface area contributed by atoms with Gasteiger partial charge in [0.2, 0.25) is 0 Å². The zero-order chi connectivity index (χ0) is 33.1. The van der Waals surface area contributed by atoms with Crippen LogP contribution in [-0.2, 0) is 17.1 Å². The van der Waals surface area contributed by atoms with Gasteiger partial charge in [-0.3, -0.25) is 4.99 Å². The van der Waals surface area contributed by atoms with E-state index in [4.69, 9.17) is 9.72 Å². The SMILES string of the molecule is COc1cccc(C=NCCCN2CCN(CCCNc3nc4ccccc4n4cc(C)c([C]5[CH][CH][CH][CH]5)c34)CC2)c1O.[CH]1[CH][CH][CH][CH]1.[Fe+2]. The Balaban J connectivity index is 0.000000717. The van der Waals surface area contributed by atoms with Crippen LogP contribution in [0.3, 0.4) is 0 Å². The summed E-state index contributed by atoms with van der Waals surface area (Å²) in [5.41, 5.74) is 6.49. The number of methoxy groups -OCH3 is 1. The normalized spacial score (nSPS) is 17.4. The molecule has 9 heteroatoms. The number of nitrogens with zero attached hydrogens (tertiary/aromatic N) is 5. The number of nitrogens with one attached hydrogen (secondary N) is 1. The first-order valence-corrected chi connectivity index (χ1v) is 17.0. The van der Waals surface area contributed by atoms with Crippen LogP contribution in [-0.4, -0.2) is 90.0 Å². The van der Waals surface area contributed by atoms with Crippen molar-refractivity contribution >= 4 is 28.6 Å². The van der Waals surface area contributed by atoms with Crippen LogP contribution in [0.4, 0.5) is 5.82 Å². The molecule has 10 radical (unpaired) electrons. The van der Waals surface area contributed by atoms with Gasteiger partial charge in [0, 0.05) is 63.2 Å². The van der Waals surface area contributed by atoms with Crippen molar-refractivity contribution in [3.63, 3.8) is 0 Å². The summed E-state index contributed by atoms with van der Waals surface area (Å²) in [7, 11) is 1.55. The third-order valence-corrected chi connectivity index (χ3v) is 8.95. The second-order valence-electron chi connectivity index (χ2n) is 12.2. The third-order valence-electron chi connectivity index (χ3n) is 8.95. The Morgan fingerprint density at radius 3 is 2.24 bits per heavy atom. The standard InChI is InChI=1S/C35H41N6O2.C5H5.Fe/c1-26-25-41-30-14-6-5-13-29(30)38-35(33(41)32(26)27-10-3-4-11-27)37-17-9-19-40-22-20-39(21-23-40)18-8-16-36-24-28-12-7-15-31(43-2)34(28)42;1-2-4-5-3-1;/h3-7,10-15,24-25,42H,8-9,16-23H2,1-2H3,(H,37,38);1-5H;/q;;+2. The number of rotatable bonds is 12. The molecule has 2 saturated carbocycles. The number of aromatic nitrogens is 2. The summed E-state index contributed by atoms with van der Waals surface area (Å²) in [6, 6.07) is 13.8. The molecule has 0 atom stereocenters. The van der Waals surface area contributed by atoms with E-state index in [2.05, 4.69) is 87.6 Å². The first-order chi connectivity index (χ1) is 23.6. The van der Waals surface area contributed by atoms with Gasteiger partial charge in [-0.25, -0.2) is 4.98 Å². The zero-order valence-electron chi connectivity index (χ0n) is 28.4. The largest absolute Gasteiger partial charge is 2.00 e. The van der Waals surface area contributed by atoms with Crippen molar-refractivity contribution in [1.82, 2.24) is 19.2 Å². The number of aryl methyl sites for hydroxylation is 1. The van der Waals surface area contributed by atoms with Crippen molar-refractivity contribution < 1.29 is 26.9 Å². The minimum Gasteiger partial charge on any atom is -0.504 e. The topological polar surface area (TPSA) is 77.6 Å². The van der Waals surface area contributed by atoms with Crippen molar-refractivity contribution in [2.45, 2.75) is 19.8 Å². The van der Waals surface area contributed by atoms with Crippen LogP contribution in [0.1, 0.15) is 29.5 Å². The Labute approximate surface area is 303 Å². The summed E-state index contributed by atoms with van der Waals surface area (Å²) in [4.78, 5) is 14.7. The molecule has 2 aliphatic carbocycles. The molecule has 4 aromatic rings. The minimum atomic E-state index is 0. The van der Waals surface area contributed by atoms with Crippen molar-refractivity contribution in [3.8, 4) is 11.5 Å². The van der Waals surface area contributed by atoms with E-state index in [1.165, 1.54) is 17.0 Å². The second-order valence-corrected chi connectivity index (χ2v) is 12.2. The molecule has 0 spiro atoms. The second kappa shape index (κ2) is 18.8. The fraction of sp³-hybridized carbons (Fsp3) is 0.300. The predicted octanol–water partition coefficient (Wildman–Crippen LogP) is 6.21. The summed E-state index contributed by atoms with van der Waals surface area (Å²) in [5, 5.41) is 13.9. The smallest absolute Gasteiger partial charge is 0.504 e. The van der Waals surface area contributed by atoms with Gasteiger partial charge in [0.1, 0.15) is 0 Å². The minimum absolute atomic E-state index is 0. The van der Waals surface area contributed by atoms with Crippen LogP contribution in [0.15, 0.2) is 53.7 Å². The van der Waals surface area contributed by atoms with Crippen LogP contribution >= 0.6 is 0 Å². The number of hydrogen-bond acceptors (Lipinski definition) is 7. The average molecular weight is 699 g/mol. The van der Waals surface area contributed by atoms with Gasteiger partial charge in [-0.15, -0.1) is 0 Å². The van der Waals surface area contributed by atoms with Gasteiger partial charge in [-0.1, -0.05) is 18.2 Å². The van der Waals surface area contributed by atoms with E-state index in [1.54, 1.807) is 19.4 Å². The summed E-state index contributed by atoms with van der Waals surface area (Å²) in [5.74, 6) is 2.81. The molecule has 3 fully saturated rings. The maximum absolute atomic E-state index is 10.2. The molecule has 7 rings (SSSR count). The number of piperazine rings is 1. The van der Waals surface area contributed by atoms with Crippen molar-refractivity contribution in [2.24, 2.45) is 4.99 Å². The molecule has 0 amide bonds. The van der Waals surface area contributed by atoms with Gasteiger partial charge in [0.15, 0.2) is 17.3 Å². The molecule has 2 aromatic heterocycles. The number of benzene rings is 2. The van der Waals surface area contributed by atoms with E-state index in [-0.39, 0.29) is 22.8 Å². The van der Waals surface area contributed by atoms with Gasteiger partial charge in [0.25, 0.3) is 0 Å². The van der Waals surface area contributed by atoms with Gasteiger partial charge in [-0.05, 0) is 126 Å². The number of aromatic hydroxyl groups is 1. The van der Waals surface area contributed by atoms with Crippen molar-refractivity contribution in [1.29, 1.82) is 0 Å². The Kier molecular flexibility index (Phi) is 14.2. The molecular weight excluding hydrogens is 652 g/mol. The third kappa shape index (κ3) is 9.57. The molecule has 254 valence electrons. The molecule has 3 heterocycles. The number of ether oxygens (including phenoxy) is 1. The quantitative estimate of drug-likeness (QED) is 0.104. The van der Waals surface area contributed by atoms with Crippen LogP contribution in [0.5, 0.6) is 11.5 Å². The van der Waals surface area contributed by atoms with E-state index in [0.29, 0.717) is 11.3 Å². The van der Waals surface area contributed by atoms with E-state index < -0.39 is 0 Å². The van der Waals surface area contributed by atoms with Crippen LogP contribution < -0.4 is 10.1 Å². The molecule has 1 aliphatic heterocycles. The van der Waals surface area contributed by atoms with Gasteiger partial charge >= 0.3 is 17.1 Å². The Hall–Kier alpha value is -3.10. The van der Waals surface area contributed by atoms with Crippen molar-refractivity contribution in [3.05, 3.63) is 129 Å². The number of fused-ring (bicyclic) bond motifs is 3. The van der Waals surface area contributed by atoms with Gasteiger partial charge < -0.3 is 29.4 Å². The number of aliphatic imine (C=N–C) groups is 1. The number of anilines is 1. The number of phenolic OH excluding ortho intramolecular Hbond substituents is 1. The monoisotopic (exact) mass is 698 g/mol. The molecule has 0 bridgehead atoms. The van der Waals surface area contributed by atoms with E-state index in [0.717, 1.165) is 87.6 Å². The van der Waals surface area contributed by atoms with Gasteiger partial charge in [-0.2, -0.15) is 0 Å². The van der Waals surface area contributed by atoms with Gasteiger partial charge in [0.05, 0.1) is 23.7 Å². The molecule has 49 heavy (non-hydrogen) atoms. The molecule has 3 aliphatic rings. The number of phenols is 1. The molecular formula is C40H46FeN6O2+2. The number of para-hydroxylation sites is 3. The zero-order valence-corrected chi connectivity index (χ0v) is 29.5. The molecule has 2 N–H and O–H groups in total. The van der Waals surface area contributed by atoms with E-state index in [1.807, 2.05) is 44.2 Å². The average Bonchev–Trinajstić information content (AvgIpc) is 3.92. The van der Waals surface area contributed by atoms with Crippen molar-refractivity contribution in [2.75, 3.05) is 64.8 Å².